The molecule has 1 saturated heterocycles. The van der Waals surface area contributed by atoms with Crippen LogP contribution in [0.5, 0.6) is 0 Å². The SMILES string of the molecule is Cc1ccc(Cc2cnn(C(=O)NC3CCc4ccc(C#CC5(O)COC5)cc4N(C)C3=O)c2)cc1. The highest BCUT2D eigenvalue weighted by Crippen LogP contribution is 2.27. The minimum atomic E-state index is -1.10. The zero-order chi connectivity index (χ0) is 25.3. The molecule has 3 heterocycles. The van der Waals surface area contributed by atoms with Crippen LogP contribution < -0.4 is 10.2 Å². The number of rotatable bonds is 3. The van der Waals surface area contributed by atoms with Gasteiger partial charge in [0.1, 0.15) is 6.04 Å². The Bertz CT molecular complexity index is 1360. The van der Waals surface area contributed by atoms with Crippen LogP contribution in [0.1, 0.15) is 34.2 Å². The minimum absolute atomic E-state index is 0.203. The highest BCUT2D eigenvalue weighted by atomic mass is 16.5. The van der Waals surface area contributed by atoms with Crippen molar-refractivity contribution in [2.45, 2.75) is 37.8 Å². The molecule has 5 rings (SSSR count). The lowest BCUT2D eigenvalue weighted by Crippen LogP contribution is -2.48. The van der Waals surface area contributed by atoms with Crippen LogP contribution >= 0.6 is 0 Å². The number of carbonyl (C=O) groups is 2. The van der Waals surface area contributed by atoms with E-state index < -0.39 is 17.7 Å². The Morgan fingerprint density at radius 2 is 2.00 bits per heavy atom. The number of nitrogens with zero attached hydrogens (tertiary/aromatic N) is 3. The topological polar surface area (TPSA) is 96.7 Å². The van der Waals surface area contributed by atoms with Crippen molar-refractivity contribution in [3.63, 3.8) is 0 Å². The van der Waals surface area contributed by atoms with Crippen molar-refractivity contribution in [3.05, 3.63) is 82.7 Å². The number of aromatic nitrogens is 2. The number of aryl methyl sites for hydroxylation is 2. The van der Waals surface area contributed by atoms with Gasteiger partial charge < -0.3 is 20.1 Å². The van der Waals surface area contributed by atoms with E-state index in [-0.39, 0.29) is 19.1 Å². The maximum absolute atomic E-state index is 13.2. The van der Waals surface area contributed by atoms with E-state index in [0.717, 1.165) is 22.4 Å². The van der Waals surface area contributed by atoms with Gasteiger partial charge in [-0.15, -0.1) is 0 Å². The fraction of sp³-hybridized carbons (Fsp3) is 0.321. The monoisotopic (exact) mass is 484 g/mol. The number of likely N-dealkylation sites (N-methyl/N-ethyl adjacent to an activating group) is 1. The van der Waals surface area contributed by atoms with Gasteiger partial charge in [0.2, 0.25) is 5.91 Å². The molecule has 2 amide bonds. The molecule has 1 fully saturated rings. The fourth-order valence-electron chi connectivity index (χ4n) is 4.35. The summed E-state index contributed by atoms with van der Waals surface area (Å²) in [5.41, 5.74) is 4.60. The molecule has 36 heavy (non-hydrogen) atoms. The number of anilines is 1. The van der Waals surface area contributed by atoms with Gasteiger partial charge in [-0.2, -0.15) is 9.78 Å². The lowest BCUT2D eigenvalue weighted by molar-refractivity contribution is -0.140. The third-order valence-corrected chi connectivity index (χ3v) is 6.57. The Morgan fingerprint density at radius 1 is 1.22 bits per heavy atom. The van der Waals surface area contributed by atoms with E-state index >= 15 is 0 Å². The summed E-state index contributed by atoms with van der Waals surface area (Å²) >= 11 is 0. The Kier molecular flexibility index (Phi) is 6.35. The molecule has 1 unspecified atom stereocenters. The molecule has 0 aliphatic carbocycles. The molecule has 0 spiro atoms. The largest absolute Gasteiger partial charge is 0.373 e. The van der Waals surface area contributed by atoms with Gasteiger partial charge in [0.05, 0.1) is 19.4 Å². The van der Waals surface area contributed by atoms with E-state index in [2.05, 4.69) is 46.5 Å². The summed E-state index contributed by atoms with van der Waals surface area (Å²) in [5, 5.41) is 17.2. The summed E-state index contributed by atoms with van der Waals surface area (Å²) in [6, 6.07) is 12.8. The molecular formula is C28H28N4O4. The molecule has 184 valence electrons. The number of hydrogen-bond donors (Lipinski definition) is 2. The average molecular weight is 485 g/mol. The number of amides is 2. The van der Waals surface area contributed by atoms with Crippen molar-refractivity contribution < 1.29 is 19.4 Å². The summed E-state index contributed by atoms with van der Waals surface area (Å²) in [6.45, 7) is 2.45. The molecule has 2 aromatic carbocycles. The van der Waals surface area contributed by atoms with E-state index in [1.54, 1.807) is 24.3 Å². The van der Waals surface area contributed by atoms with Crippen molar-refractivity contribution >= 4 is 17.6 Å². The predicted octanol–water partition coefficient (Wildman–Crippen LogP) is 2.43. The van der Waals surface area contributed by atoms with E-state index in [0.29, 0.717) is 24.8 Å². The number of fused-ring (bicyclic) bond motifs is 1. The number of aliphatic hydroxyl groups is 1. The van der Waals surface area contributed by atoms with Crippen LogP contribution in [0, 0.1) is 18.8 Å². The third kappa shape index (κ3) is 5.03. The maximum Gasteiger partial charge on any atom is 0.342 e. The molecule has 2 aliphatic rings. The highest BCUT2D eigenvalue weighted by Gasteiger charge is 2.34. The second-order valence-corrected chi connectivity index (χ2v) is 9.51. The number of hydrogen-bond acceptors (Lipinski definition) is 5. The second-order valence-electron chi connectivity index (χ2n) is 9.51. The fourth-order valence-corrected chi connectivity index (χ4v) is 4.35. The van der Waals surface area contributed by atoms with Gasteiger partial charge in [-0.1, -0.05) is 47.7 Å². The zero-order valence-electron chi connectivity index (χ0n) is 20.3. The summed E-state index contributed by atoms with van der Waals surface area (Å²) < 4.78 is 6.27. The average Bonchev–Trinajstić information content (AvgIpc) is 3.29. The Morgan fingerprint density at radius 3 is 2.72 bits per heavy atom. The summed E-state index contributed by atoms with van der Waals surface area (Å²) in [4.78, 5) is 27.7. The predicted molar refractivity (Wildman–Crippen MR) is 135 cm³/mol. The standard InChI is InChI=1S/C28H28N4O4/c1-19-3-5-20(6-4-19)13-22-15-29-32(16-22)27(34)30-24-10-9-23-8-7-21(11-12-28(35)17-36-18-28)14-25(23)31(2)26(24)33/h3-8,14-16,24,35H,9-10,13,17-18H2,1-2H3,(H,30,34). The van der Waals surface area contributed by atoms with E-state index in [1.165, 1.54) is 10.2 Å². The molecule has 8 nitrogen and oxygen atoms in total. The van der Waals surface area contributed by atoms with Crippen LogP contribution in [0.2, 0.25) is 0 Å². The number of nitrogens with one attached hydrogen (secondary N) is 1. The van der Waals surface area contributed by atoms with Crippen LogP contribution in [0.15, 0.2) is 54.9 Å². The van der Waals surface area contributed by atoms with Gasteiger partial charge in [-0.05, 0) is 48.6 Å². The molecule has 2 aliphatic heterocycles. The molecule has 2 N–H and O–H groups in total. The van der Waals surface area contributed by atoms with E-state index in [9.17, 15) is 14.7 Å². The Labute approximate surface area is 209 Å². The summed E-state index contributed by atoms with van der Waals surface area (Å²) in [5.74, 6) is 5.62. The quantitative estimate of drug-likeness (QED) is 0.557. The summed E-state index contributed by atoms with van der Waals surface area (Å²) in [7, 11) is 1.70. The van der Waals surface area contributed by atoms with Gasteiger partial charge in [0.25, 0.3) is 0 Å². The molecule has 1 aromatic heterocycles. The number of carbonyl (C=O) groups excluding carboxylic acids is 2. The smallest absolute Gasteiger partial charge is 0.342 e. The molecule has 1 atom stereocenters. The van der Waals surface area contributed by atoms with Gasteiger partial charge in [0.15, 0.2) is 5.60 Å². The minimum Gasteiger partial charge on any atom is -0.373 e. The Hall–Kier alpha value is -3.93. The molecule has 3 aromatic rings. The Balaban J connectivity index is 1.26. The van der Waals surface area contributed by atoms with Crippen LogP contribution in [0.3, 0.4) is 0 Å². The number of benzene rings is 2. The molecular weight excluding hydrogens is 456 g/mol. The highest BCUT2D eigenvalue weighted by molar-refractivity contribution is 6.00. The van der Waals surface area contributed by atoms with Gasteiger partial charge in [-0.25, -0.2) is 4.79 Å². The van der Waals surface area contributed by atoms with Crippen molar-refractivity contribution in [1.29, 1.82) is 0 Å². The molecule has 8 heteroatoms. The van der Waals surface area contributed by atoms with Crippen molar-refractivity contribution in [2.24, 2.45) is 0 Å². The van der Waals surface area contributed by atoms with Crippen LogP contribution in [-0.2, 0) is 22.4 Å². The van der Waals surface area contributed by atoms with Crippen molar-refractivity contribution in [2.75, 3.05) is 25.2 Å². The first-order valence-electron chi connectivity index (χ1n) is 11.9. The van der Waals surface area contributed by atoms with Crippen LogP contribution in [-0.4, -0.2) is 58.7 Å². The van der Waals surface area contributed by atoms with Crippen molar-refractivity contribution in [1.82, 2.24) is 15.1 Å². The lowest BCUT2D eigenvalue weighted by Gasteiger charge is -2.30. The first-order chi connectivity index (χ1) is 17.3. The van der Waals surface area contributed by atoms with E-state index in [1.807, 2.05) is 25.1 Å². The van der Waals surface area contributed by atoms with Crippen LogP contribution in [0.25, 0.3) is 0 Å². The molecule has 0 bridgehead atoms. The second kappa shape index (κ2) is 9.61. The van der Waals surface area contributed by atoms with Gasteiger partial charge in [-0.3, -0.25) is 4.79 Å². The lowest BCUT2D eigenvalue weighted by atomic mass is 10.0. The third-order valence-electron chi connectivity index (χ3n) is 6.57. The van der Waals surface area contributed by atoms with Gasteiger partial charge in [0, 0.05) is 30.9 Å². The normalized spacial score (nSPS) is 18.4. The van der Waals surface area contributed by atoms with Crippen LogP contribution in [0.4, 0.5) is 10.5 Å². The van der Waals surface area contributed by atoms with E-state index in [4.69, 9.17) is 4.74 Å². The first kappa shape index (κ1) is 23.8. The molecule has 0 radical (unpaired) electrons. The van der Waals surface area contributed by atoms with Gasteiger partial charge >= 0.3 is 6.03 Å². The number of ether oxygens (including phenoxy) is 1. The summed E-state index contributed by atoms with van der Waals surface area (Å²) in [6.07, 6.45) is 5.14. The molecule has 0 saturated carbocycles. The van der Waals surface area contributed by atoms with Crippen molar-refractivity contribution in [3.8, 4) is 11.8 Å². The zero-order valence-corrected chi connectivity index (χ0v) is 20.3. The maximum atomic E-state index is 13.2. The first-order valence-corrected chi connectivity index (χ1v) is 11.9.